The highest BCUT2D eigenvalue weighted by atomic mass is 35.5. The van der Waals surface area contributed by atoms with Crippen LogP contribution in [-0.4, -0.2) is 5.91 Å². The zero-order valence-electron chi connectivity index (χ0n) is 12.0. The lowest BCUT2D eigenvalue weighted by atomic mass is 10.1. The number of hydrogen-bond acceptors (Lipinski definition) is 1. The normalized spacial score (nSPS) is 24.3. The van der Waals surface area contributed by atoms with E-state index in [0.717, 1.165) is 0 Å². The first-order valence-corrected chi connectivity index (χ1v) is 7.80. The van der Waals surface area contributed by atoms with E-state index in [1.54, 1.807) is 25.2 Å². The van der Waals surface area contributed by atoms with Gasteiger partial charge in [0.15, 0.2) is 0 Å². The van der Waals surface area contributed by atoms with E-state index >= 15 is 0 Å². The van der Waals surface area contributed by atoms with Crippen LogP contribution in [0.2, 0.25) is 0 Å². The van der Waals surface area contributed by atoms with E-state index in [4.69, 9.17) is 46.4 Å². The predicted octanol–water partition coefficient (Wildman–Crippen LogP) is 5.47. The quantitative estimate of drug-likeness (QED) is 0.640. The number of amides is 1. The molecule has 0 unspecified atom stereocenters. The highest BCUT2D eigenvalue weighted by Gasteiger charge is 2.60. The highest BCUT2D eigenvalue weighted by molar-refractivity contribution is 6.55. The van der Waals surface area contributed by atoms with Crippen LogP contribution in [0.4, 0.5) is 0 Å². The van der Waals surface area contributed by atoms with Crippen molar-refractivity contribution in [2.45, 2.75) is 20.8 Å². The largest absolute Gasteiger partial charge is 0.326 e. The van der Waals surface area contributed by atoms with Crippen molar-refractivity contribution in [1.29, 1.82) is 0 Å². The van der Waals surface area contributed by atoms with Gasteiger partial charge in [-0.3, -0.25) is 4.79 Å². The lowest BCUT2D eigenvalue weighted by Gasteiger charge is -2.07. The molecule has 21 heavy (non-hydrogen) atoms. The Morgan fingerprint density at radius 2 is 1.76 bits per heavy atom. The molecule has 1 fully saturated rings. The number of rotatable bonds is 5. The van der Waals surface area contributed by atoms with Crippen molar-refractivity contribution >= 4 is 52.3 Å². The molecule has 2 atom stereocenters. The number of halogens is 4. The van der Waals surface area contributed by atoms with E-state index in [-0.39, 0.29) is 27.6 Å². The summed E-state index contributed by atoms with van der Waals surface area (Å²) in [5.74, 6) is -0.334. The molecule has 6 heteroatoms. The van der Waals surface area contributed by atoms with Crippen LogP contribution in [-0.2, 0) is 4.79 Å². The molecule has 2 nitrogen and oxygen atoms in total. The van der Waals surface area contributed by atoms with Crippen LogP contribution < -0.4 is 5.32 Å². The number of nitrogens with one attached hydrogen (secondary N) is 1. The second-order valence-electron chi connectivity index (χ2n) is 5.55. The van der Waals surface area contributed by atoms with Gasteiger partial charge in [-0.15, -0.1) is 0 Å². The lowest BCUT2D eigenvalue weighted by Crippen LogP contribution is -2.25. The van der Waals surface area contributed by atoms with E-state index < -0.39 is 0 Å². The Morgan fingerprint density at radius 3 is 2.19 bits per heavy atom. The van der Waals surface area contributed by atoms with Gasteiger partial charge >= 0.3 is 0 Å². The van der Waals surface area contributed by atoms with Crippen molar-refractivity contribution in [2.75, 3.05) is 0 Å². The van der Waals surface area contributed by atoms with E-state index in [1.165, 1.54) is 0 Å². The van der Waals surface area contributed by atoms with Gasteiger partial charge in [0, 0.05) is 15.8 Å². The molecule has 0 aromatic heterocycles. The van der Waals surface area contributed by atoms with Crippen LogP contribution in [0.15, 0.2) is 45.1 Å². The van der Waals surface area contributed by atoms with Crippen molar-refractivity contribution in [3.8, 4) is 0 Å². The molecule has 116 valence electrons. The van der Waals surface area contributed by atoms with Gasteiger partial charge in [-0.05, 0) is 36.5 Å². The van der Waals surface area contributed by atoms with Gasteiger partial charge in [0.05, 0.1) is 5.92 Å². The van der Waals surface area contributed by atoms with Gasteiger partial charge in [-0.25, -0.2) is 0 Å². The van der Waals surface area contributed by atoms with Gasteiger partial charge in [-0.1, -0.05) is 66.8 Å². The third-order valence-electron chi connectivity index (χ3n) is 3.43. The zero-order valence-corrected chi connectivity index (χ0v) is 15.0. The van der Waals surface area contributed by atoms with Gasteiger partial charge in [0.1, 0.15) is 4.49 Å². The standard InChI is InChI=1S/C15H17Cl4NO/c1-8(16)5-10(6-9(2)17)20-14(21)13-11(7-12(18)19)15(13,3)4/h5-7,11,13H,1H2,2-4H3,(H,20,21)/b9-6+,10-5+/t11-,13+/m1/s1. The van der Waals surface area contributed by atoms with Gasteiger partial charge in [0.25, 0.3) is 0 Å². The second-order valence-corrected chi connectivity index (χ2v) is 7.64. The van der Waals surface area contributed by atoms with Crippen molar-refractivity contribution in [3.63, 3.8) is 0 Å². The summed E-state index contributed by atoms with van der Waals surface area (Å²) in [6, 6.07) is 0. The van der Waals surface area contributed by atoms with Gasteiger partial charge in [0.2, 0.25) is 5.91 Å². The van der Waals surface area contributed by atoms with Gasteiger partial charge < -0.3 is 5.32 Å². The van der Waals surface area contributed by atoms with E-state index in [9.17, 15) is 4.79 Å². The maximum absolute atomic E-state index is 12.4. The van der Waals surface area contributed by atoms with Crippen LogP contribution in [0.25, 0.3) is 0 Å². The van der Waals surface area contributed by atoms with Crippen LogP contribution >= 0.6 is 46.4 Å². The smallest absolute Gasteiger partial charge is 0.228 e. The number of hydrogen-bond donors (Lipinski definition) is 1. The Morgan fingerprint density at radius 1 is 1.19 bits per heavy atom. The summed E-state index contributed by atoms with van der Waals surface area (Å²) in [5.41, 5.74) is 0.303. The molecule has 0 saturated heterocycles. The molecule has 1 rings (SSSR count). The monoisotopic (exact) mass is 367 g/mol. The summed E-state index contributed by atoms with van der Waals surface area (Å²) in [6.07, 6.45) is 4.85. The maximum Gasteiger partial charge on any atom is 0.228 e. The third-order valence-corrected chi connectivity index (χ3v) is 3.90. The minimum atomic E-state index is -0.207. The Bertz CT molecular complexity index is 538. The minimum Gasteiger partial charge on any atom is -0.326 e. The summed E-state index contributed by atoms with van der Waals surface area (Å²) in [6.45, 7) is 9.26. The lowest BCUT2D eigenvalue weighted by molar-refractivity contribution is -0.122. The maximum atomic E-state index is 12.4. The van der Waals surface area contributed by atoms with E-state index in [0.29, 0.717) is 15.8 Å². The van der Waals surface area contributed by atoms with E-state index in [2.05, 4.69) is 11.9 Å². The molecule has 0 aromatic rings. The molecule has 0 radical (unpaired) electrons. The summed E-state index contributed by atoms with van der Waals surface area (Å²) in [4.78, 5) is 12.4. The number of allylic oxidation sites excluding steroid dienone is 5. The average molecular weight is 369 g/mol. The predicted molar refractivity (Wildman–Crippen MR) is 91.4 cm³/mol. The first kappa shape index (κ1) is 18.6. The fourth-order valence-electron chi connectivity index (χ4n) is 2.34. The van der Waals surface area contributed by atoms with E-state index in [1.807, 2.05) is 13.8 Å². The first-order valence-electron chi connectivity index (χ1n) is 6.29. The average Bonchev–Trinajstić information content (AvgIpc) is 2.76. The Balaban J connectivity index is 2.88. The molecule has 0 aliphatic heterocycles. The molecule has 1 aliphatic carbocycles. The Kier molecular flexibility index (Phi) is 6.42. The molecule has 1 N–H and O–H groups in total. The molecule has 1 aliphatic rings. The Hall–Kier alpha value is -0.410. The van der Waals surface area contributed by atoms with Crippen molar-refractivity contribution in [2.24, 2.45) is 17.3 Å². The highest BCUT2D eigenvalue weighted by Crippen LogP contribution is 2.59. The molecular weight excluding hydrogens is 352 g/mol. The van der Waals surface area contributed by atoms with Crippen LogP contribution in [0.1, 0.15) is 20.8 Å². The molecule has 0 aromatic carbocycles. The number of carbonyl (C=O) groups is 1. The molecular formula is C15H17Cl4NO. The summed E-state index contributed by atoms with van der Waals surface area (Å²) in [5, 5.41) is 3.62. The third kappa shape index (κ3) is 5.37. The van der Waals surface area contributed by atoms with Crippen LogP contribution in [0, 0.1) is 17.3 Å². The summed E-state index contributed by atoms with van der Waals surface area (Å²) < 4.78 is 0.171. The minimum absolute atomic E-state index is 0.00373. The van der Waals surface area contributed by atoms with Crippen LogP contribution in [0.3, 0.4) is 0 Å². The Labute approximate surface area is 145 Å². The molecule has 1 saturated carbocycles. The zero-order chi connectivity index (χ0) is 16.4. The van der Waals surface area contributed by atoms with Crippen LogP contribution in [0.5, 0.6) is 0 Å². The second kappa shape index (κ2) is 7.23. The van der Waals surface area contributed by atoms with Crippen molar-refractivity contribution < 1.29 is 4.79 Å². The molecule has 0 spiro atoms. The number of carbonyl (C=O) groups excluding carboxylic acids is 1. The first-order chi connectivity index (χ1) is 9.55. The fourth-order valence-corrected chi connectivity index (χ4v) is 2.85. The van der Waals surface area contributed by atoms with Crippen molar-refractivity contribution in [3.05, 3.63) is 45.1 Å². The topological polar surface area (TPSA) is 29.1 Å². The molecule has 1 amide bonds. The molecule has 0 bridgehead atoms. The van der Waals surface area contributed by atoms with Gasteiger partial charge in [-0.2, -0.15) is 0 Å². The van der Waals surface area contributed by atoms with Crippen molar-refractivity contribution in [1.82, 2.24) is 5.32 Å². The fraction of sp³-hybridized carbons (Fsp3) is 0.400. The SMILES string of the molecule is C=C(Cl)/C=C(\C=C(/C)Cl)NC(=O)[C@@H]1[C@@H](C=C(Cl)Cl)C1(C)C. The molecule has 0 heterocycles. The summed E-state index contributed by atoms with van der Waals surface area (Å²) >= 11 is 23.0. The summed E-state index contributed by atoms with van der Waals surface area (Å²) in [7, 11) is 0.